The first kappa shape index (κ1) is 28.2. The first-order valence-electron chi connectivity index (χ1n) is 10.9. The van der Waals surface area contributed by atoms with Crippen LogP contribution in [0.3, 0.4) is 0 Å². The molecule has 1 aromatic heterocycles. The van der Waals surface area contributed by atoms with Gasteiger partial charge in [0.2, 0.25) is 17.7 Å². The Balaban J connectivity index is 2.11. The number of carboxylic acid groups (broad SMARTS) is 2. The van der Waals surface area contributed by atoms with Crippen LogP contribution in [0, 0.1) is 0 Å². The van der Waals surface area contributed by atoms with Gasteiger partial charge in [-0.15, -0.1) is 0 Å². The molecule has 2 aromatic rings. The Kier molecular flexibility index (Phi) is 9.90. The summed E-state index contributed by atoms with van der Waals surface area (Å²) >= 11 is 0. The first-order chi connectivity index (χ1) is 16.9. The van der Waals surface area contributed by atoms with Crippen LogP contribution < -0.4 is 21.7 Å². The lowest BCUT2D eigenvalue weighted by Crippen LogP contribution is -2.60. The summed E-state index contributed by atoms with van der Waals surface area (Å²) in [4.78, 5) is 63.2. The average molecular weight is 508 g/mol. The molecule has 5 unspecified atom stereocenters. The van der Waals surface area contributed by atoms with Gasteiger partial charge in [0.1, 0.15) is 18.1 Å². The number of nitrogens with two attached hydrogens (primary N) is 1. The van der Waals surface area contributed by atoms with Gasteiger partial charge in [0.05, 0.1) is 25.2 Å². The number of nitrogens with one attached hydrogen (secondary N) is 4. The number of carboxylic acids is 2. The molecular formula is C22H29N5O9. The highest BCUT2D eigenvalue weighted by Crippen LogP contribution is 2.18. The average Bonchev–Trinajstić information content (AvgIpc) is 3.22. The summed E-state index contributed by atoms with van der Waals surface area (Å²) in [5.41, 5.74) is 7.55. The molecule has 0 saturated heterocycles. The zero-order chi connectivity index (χ0) is 27.0. The number of amides is 3. The van der Waals surface area contributed by atoms with Gasteiger partial charge in [-0.25, -0.2) is 4.79 Å². The molecule has 5 atom stereocenters. The molecule has 2 rings (SSSR count). The van der Waals surface area contributed by atoms with E-state index in [4.69, 9.17) is 15.9 Å². The summed E-state index contributed by atoms with van der Waals surface area (Å²) < 4.78 is 0. The Morgan fingerprint density at radius 1 is 0.972 bits per heavy atom. The lowest BCUT2D eigenvalue weighted by atomic mass is 10.0. The summed E-state index contributed by atoms with van der Waals surface area (Å²) in [7, 11) is 0. The van der Waals surface area contributed by atoms with Gasteiger partial charge in [0.25, 0.3) is 0 Å². The fourth-order valence-corrected chi connectivity index (χ4v) is 3.40. The molecule has 36 heavy (non-hydrogen) atoms. The molecule has 10 N–H and O–H groups in total. The van der Waals surface area contributed by atoms with Crippen LogP contribution in [0.1, 0.15) is 18.9 Å². The van der Waals surface area contributed by atoms with E-state index in [9.17, 15) is 34.2 Å². The Morgan fingerprint density at radius 3 is 2.19 bits per heavy atom. The second-order valence-corrected chi connectivity index (χ2v) is 8.14. The van der Waals surface area contributed by atoms with E-state index in [2.05, 4.69) is 15.6 Å². The minimum atomic E-state index is -1.71. The van der Waals surface area contributed by atoms with Crippen molar-refractivity contribution in [1.82, 2.24) is 20.9 Å². The van der Waals surface area contributed by atoms with E-state index in [1.54, 1.807) is 6.20 Å². The molecule has 14 nitrogen and oxygen atoms in total. The van der Waals surface area contributed by atoms with Gasteiger partial charge < -0.3 is 47.1 Å². The maximum atomic E-state index is 12.7. The first-order valence-corrected chi connectivity index (χ1v) is 10.9. The summed E-state index contributed by atoms with van der Waals surface area (Å²) in [5.74, 6) is -6.09. The van der Waals surface area contributed by atoms with Crippen LogP contribution in [-0.4, -0.2) is 91.9 Å². The summed E-state index contributed by atoms with van der Waals surface area (Å²) in [6.07, 6.45) is -0.637. The lowest BCUT2D eigenvalue weighted by molar-refractivity contribution is -0.144. The third-order valence-electron chi connectivity index (χ3n) is 5.32. The van der Waals surface area contributed by atoms with E-state index in [0.29, 0.717) is 0 Å². The molecule has 0 aliphatic carbocycles. The molecule has 0 spiro atoms. The molecule has 0 aliphatic heterocycles. The maximum Gasteiger partial charge on any atom is 0.328 e. The minimum absolute atomic E-state index is 0.0771. The Bertz CT molecular complexity index is 1120. The number of fused-ring (bicyclic) bond motifs is 1. The van der Waals surface area contributed by atoms with Crippen molar-refractivity contribution < 1.29 is 44.4 Å². The van der Waals surface area contributed by atoms with Crippen LogP contribution in [0.5, 0.6) is 0 Å². The normalized spacial score (nSPS) is 15.2. The van der Waals surface area contributed by atoms with Crippen LogP contribution >= 0.6 is 0 Å². The van der Waals surface area contributed by atoms with Crippen molar-refractivity contribution in [2.45, 2.75) is 50.0 Å². The number of hydrogen-bond acceptors (Lipinski definition) is 8. The van der Waals surface area contributed by atoms with Gasteiger partial charge in [-0.05, 0) is 25.0 Å². The number of rotatable bonds is 13. The SMILES string of the molecule is CC(O)C(NC(=O)C(CC(=O)O)NC(=O)C(N)Cc1c[nH]c2ccccc12)C(=O)NC(CO)C(=O)O. The lowest BCUT2D eigenvalue weighted by Gasteiger charge is -2.25. The Labute approximate surface area is 204 Å². The van der Waals surface area contributed by atoms with Gasteiger partial charge in [-0.2, -0.15) is 0 Å². The van der Waals surface area contributed by atoms with Gasteiger partial charge in [-0.3, -0.25) is 19.2 Å². The van der Waals surface area contributed by atoms with Crippen LogP contribution in [0.15, 0.2) is 30.5 Å². The van der Waals surface area contributed by atoms with Crippen molar-refractivity contribution in [3.05, 3.63) is 36.0 Å². The molecule has 0 aliphatic rings. The number of aromatic nitrogens is 1. The second kappa shape index (κ2) is 12.6. The number of aromatic amines is 1. The molecule has 0 radical (unpaired) electrons. The number of aliphatic hydroxyl groups is 2. The van der Waals surface area contributed by atoms with E-state index < -0.39 is 73.0 Å². The van der Waals surface area contributed by atoms with E-state index >= 15 is 0 Å². The van der Waals surface area contributed by atoms with E-state index in [1.807, 2.05) is 29.6 Å². The van der Waals surface area contributed by atoms with Crippen LogP contribution in [0.2, 0.25) is 0 Å². The number of H-pyrrole nitrogens is 1. The standard InChI is InChI=1S/C22H29N5O9/c1-10(29)18(21(34)26-16(9-28)22(35)36)27-20(33)15(7-17(30)31)25-19(32)13(23)6-11-8-24-14-5-3-2-4-12(11)14/h2-5,8,10,13,15-16,18,24,28-29H,6-7,9,23H2,1H3,(H,25,32)(H,26,34)(H,27,33)(H,30,31)(H,35,36). The van der Waals surface area contributed by atoms with Crippen LogP contribution in [-0.2, 0) is 30.4 Å². The summed E-state index contributed by atoms with van der Waals surface area (Å²) in [6, 6.07) is 1.09. The topological polar surface area (TPSA) is 244 Å². The fourth-order valence-electron chi connectivity index (χ4n) is 3.40. The summed E-state index contributed by atoms with van der Waals surface area (Å²) in [6.45, 7) is 0.175. The number of para-hydroxylation sites is 1. The highest BCUT2D eigenvalue weighted by Gasteiger charge is 2.33. The third-order valence-corrected chi connectivity index (χ3v) is 5.32. The molecule has 1 heterocycles. The van der Waals surface area contributed by atoms with Crippen molar-refractivity contribution >= 4 is 40.6 Å². The molecule has 3 amide bonds. The number of carbonyl (C=O) groups is 5. The minimum Gasteiger partial charge on any atom is -0.481 e. The zero-order valence-electron chi connectivity index (χ0n) is 19.3. The number of aliphatic hydroxyl groups excluding tert-OH is 2. The Hall–Kier alpha value is -4.01. The third kappa shape index (κ3) is 7.49. The molecule has 196 valence electrons. The van der Waals surface area contributed by atoms with Crippen molar-refractivity contribution in [2.24, 2.45) is 5.73 Å². The zero-order valence-corrected chi connectivity index (χ0v) is 19.3. The molecule has 1 aromatic carbocycles. The van der Waals surface area contributed by atoms with E-state index in [1.165, 1.54) is 0 Å². The summed E-state index contributed by atoms with van der Waals surface area (Å²) in [5, 5.41) is 44.3. The number of hydrogen-bond donors (Lipinski definition) is 9. The maximum absolute atomic E-state index is 12.7. The predicted octanol–water partition coefficient (Wildman–Crippen LogP) is -2.58. The highest BCUT2D eigenvalue weighted by molar-refractivity contribution is 5.96. The van der Waals surface area contributed by atoms with Gasteiger partial charge in [-0.1, -0.05) is 18.2 Å². The monoisotopic (exact) mass is 507 g/mol. The second-order valence-electron chi connectivity index (χ2n) is 8.14. The smallest absolute Gasteiger partial charge is 0.328 e. The van der Waals surface area contributed by atoms with Crippen molar-refractivity contribution in [2.75, 3.05) is 6.61 Å². The van der Waals surface area contributed by atoms with Gasteiger partial charge in [0.15, 0.2) is 0 Å². The van der Waals surface area contributed by atoms with Crippen molar-refractivity contribution in [1.29, 1.82) is 0 Å². The molecular weight excluding hydrogens is 478 g/mol. The van der Waals surface area contributed by atoms with Gasteiger partial charge in [0, 0.05) is 17.1 Å². The largest absolute Gasteiger partial charge is 0.481 e. The van der Waals surface area contributed by atoms with Crippen LogP contribution in [0.25, 0.3) is 10.9 Å². The number of aliphatic carboxylic acids is 2. The van der Waals surface area contributed by atoms with E-state index in [0.717, 1.165) is 23.4 Å². The van der Waals surface area contributed by atoms with Crippen molar-refractivity contribution in [3.63, 3.8) is 0 Å². The number of benzene rings is 1. The van der Waals surface area contributed by atoms with Crippen LogP contribution in [0.4, 0.5) is 0 Å². The molecule has 0 bridgehead atoms. The number of carbonyl (C=O) groups excluding carboxylic acids is 3. The quantitative estimate of drug-likeness (QED) is 0.137. The van der Waals surface area contributed by atoms with E-state index in [-0.39, 0.29) is 6.42 Å². The molecule has 0 fully saturated rings. The van der Waals surface area contributed by atoms with Gasteiger partial charge >= 0.3 is 11.9 Å². The predicted molar refractivity (Wildman–Crippen MR) is 124 cm³/mol. The molecule has 14 heteroatoms. The Morgan fingerprint density at radius 2 is 1.61 bits per heavy atom. The highest BCUT2D eigenvalue weighted by atomic mass is 16.4. The molecule has 0 saturated carbocycles. The fraction of sp³-hybridized carbons (Fsp3) is 0.409. The van der Waals surface area contributed by atoms with Crippen molar-refractivity contribution in [3.8, 4) is 0 Å².